The minimum atomic E-state index is -0.649. The molecule has 0 fully saturated rings. The Morgan fingerprint density at radius 3 is 2.39 bits per heavy atom. The van der Waals surface area contributed by atoms with Crippen LogP contribution in [0.4, 0.5) is 27.7 Å². The maximum atomic E-state index is 13.1. The van der Waals surface area contributed by atoms with Gasteiger partial charge >= 0.3 is 12.0 Å². The number of amides is 3. The molecule has 0 aliphatic rings. The van der Waals surface area contributed by atoms with Gasteiger partial charge < -0.3 is 21.1 Å². The Morgan fingerprint density at radius 2 is 1.73 bits per heavy atom. The highest BCUT2D eigenvalue weighted by molar-refractivity contribution is 6.09. The first-order valence-electron chi connectivity index (χ1n) is 10.4. The Morgan fingerprint density at radius 1 is 1.00 bits per heavy atom. The first kappa shape index (κ1) is 23.3. The van der Waals surface area contributed by atoms with Crippen molar-refractivity contribution < 1.29 is 19.1 Å². The molecule has 33 heavy (non-hydrogen) atoms. The van der Waals surface area contributed by atoms with Crippen molar-refractivity contribution >= 4 is 40.8 Å². The fraction of sp³-hybridized carbons (Fsp3) is 0.167. The fourth-order valence-corrected chi connectivity index (χ4v) is 3.12. The van der Waals surface area contributed by atoms with Gasteiger partial charge in [-0.1, -0.05) is 24.3 Å². The lowest BCUT2D eigenvalue weighted by molar-refractivity contribution is 0.0526. The zero-order valence-corrected chi connectivity index (χ0v) is 18.4. The number of nitrogens with two attached hydrogens (primary N) is 1. The van der Waals surface area contributed by atoms with E-state index in [2.05, 4.69) is 15.6 Å². The van der Waals surface area contributed by atoms with Crippen LogP contribution < -0.4 is 21.3 Å². The van der Waals surface area contributed by atoms with Crippen LogP contribution in [0.2, 0.25) is 0 Å². The van der Waals surface area contributed by atoms with Crippen molar-refractivity contribution in [3.63, 3.8) is 0 Å². The second-order valence-corrected chi connectivity index (χ2v) is 6.92. The number of urea groups is 1. The lowest BCUT2D eigenvalue weighted by Crippen LogP contribution is -2.36. The standard InChI is InChI=1S/C24H25N5O4/c1-3-29(24(25)32)21-14-20(27-17-10-6-5-7-11-17)19(15-26-21)22(30)28-18-12-8-9-16(13-18)23(31)33-4-2/h5-15H,3-4H2,1-2H3,(H2,25,32)(H,26,27)(H,28,30). The van der Waals surface area contributed by atoms with E-state index in [0.29, 0.717) is 29.3 Å². The molecule has 0 aliphatic carbocycles. The molecule has 0 atom stereocenters. The van der Waals surface area contributed by atoms with Gasteiger partial charge in [0.05, 0.1) is 23.4 Å². The molecule has 0 spiro atoms. The minimum Gasteiger partial charge on any atom is -0.462 e. The van der Waals surface area contributed by atoms with Crippen LogP contribution >= 0.6 is 0 Å². The summed E-state index contributed by atoms with van der Waals surface area (Å²) in [5, 5.41) is 5.97. The van der Waals surface area contributed by atoms with Gasteiger partial charge in [0, 0.05) is 30.2 Å². The van der Waals surface area contributed by atoms with Gasteiger partial charge in [0.25, 0.3) is 5.91 Å². The average Bonchev–Trinajstić information content (AvgIpc) is 2.80. The third-order valence-corrected chi connectivity index (χ3v) is 4.68. The average molecular weight is 447 g/mol. The Hall–Kier alpha value is -4.40. The second-order valence-electron chi connectivity index (χ2n) is 6.92. The first-order valence-corrected chi connectivity index (χ1v) is 10.4. The summed E-state index contributed by atoms with van der Waals surface area (Å²) in [5.74, 6) is -0.614. The van der Waals surface area contributed by atoms with Gasteiger partial charge in [-0.15, -0.1) is 0 Å². The van der Waals surface area contributed by atoms with Crippen LogP contribution in [0, 0.1) is 0 Å². The van der Waals surface area contributed by atoms with Crippen LogP contribution in [-0.2, 0) is 4.74 Å². The van der Waals surface area contributed by atoms with Crippen LogP contribution in [0.3, 0.4) is 0 Å². The van der Waals surface area contributed by atoms with Gasteiger partial charge in [0.15, 0.2) is 0 Å². The smallest absolute Gasteiger partial charge is 0.338 e. The topological polar surface area (TPSA) is 127 Å². The summed E-state index contributed by atoms with van der Waals surface area (Å²) in [6.45, 7) is 4.06. The number of carbonyl (C=O) groups is 3. The number of anilines is 4. The zero-order chi connectivity index (χ0) is 23.8. The molecule has 4 N–H and O–H groups in total. The molecule has 3 aromatic rings. The molecule has 0 radical (unpaired) electrons. The third kappa shape index (κ3) is 5.85. The van der Waals surface area contributed by atoms with Crippen LogP contribution in [0.1, 0.15) is 34.6 Å². The predicted molar refractivity (Wildman–Crippen MR) is 127 cm³/mol. The fourth-order valence-electron chi connectivity index (χ4n) is 3.12. The number of aromatic nitrogens is 1. The van der Waals surface area contributed by atoms with Gasteiger partial charge in [-0.3, -0.25) is 9.69 Å². The second kappa shape index (κ2) is 10.8. The number of rotatable bonds is 8. The maximum Gasteiger partial charge on any atom is 0.338 e. The lowest BCUT2D eigenvalue weighted by Gasteiger charge is -2.20. The number of pyridine rings is 1. The molecule has 0 aliphatic heterocycles. The number of hydrogen-bond acceptors (Lipinski definition) is 6. The van der Waals surface area contributed by atoms with Crippen molar-refractivity contribution in [3.8, 4) is 0 Å². The van der Waals surface area contributed by atoms with Crippen LogP contribution in [0.15, 0.2) is 66.9 Å². The Balaban J connectivity index is 1.93. The molecule has 3 rings (SSSR count). The van der Waals surface area contributed by atoms with Gasteiger partial charge in [0.1, 0.15) is 5.82 Å². The number of nitrogens with one attached hydrogen (secondary N) is 2. The normalized spacial score (nSPS) is 10.2. The summed E-state index contributed by atoms with van der Waals surface area (Å²) in [6, 6.07) is 16.7. The molecule has 3 amide bonds. The lowest BCUT2D eigenvalue weighted by atomic mass is 10.1. The van der Waals surface area contributed by atoms with Crippen molar-refractivity contribution in [2.24, 2.45) is 5.73 Å². The van der Waals surface area contributed by atoms with Crippen molar-refractivity contribution in [1.29, 1.82) is 0 Å². The van der Waals surface area contributed by atoms with Gasteiger partial charge in [-0.2, -0.15) is 0 Å². The van der Waals surface area contributed by atoms with Crippen molar-refractivity contribution in [3.05, 3.63) is 78.0 Å². The Kier molecular flexibility index (Phi) is 7.59. The van der Waals surface area contributed by atoms with Gasteiger partial charge in [0.2, 0.25) is 0 Å². The summed E-state index contributed by atoms with van der Waals surface area (Å²) in [5.41, 5.74) is 7.62. The Labute approximate surface area is 191 Å². The minimum absolute atomic E-state index is 0.240. The quantitative estimate of drug-likeness (QED) is 0.445. The number of nitrogens with zero attached hydrogens (tertiary/aromatic N) is 2. The van der Waals surface area contributed by atoms with E-state index >= 15 is 0 Å². The van der Waals surface area contributed by atoms with Crippen molar-refractivity contribution in [1.82, 2.24) is 4.98 Å². The number of primary amides is 1. The summed E-state index contributed by atoms with van der Waals surface area (Å²) in [7, 11) is 0. The van der Waals surface area contributed by atoms with Crippen molar-refractivity contribution in [2.45, 2.75) is 13.8 Å². The first-order chi connectivity index (χ1) is 15.9. The van der Waals surface area contributed by atoms with E-state index in [9.17, 15) is 14.4 Å². The molecule has 0 saturated carbocycles. The highest BCUT2D eigenvalue weighted by Crippen LogP contribution is 2.26. The van der Waals surface area contributed by atoms with Gasteiger partial charge in [-0.05, 0) is 44.2 Å². The molecule has 2 aromatic carbocycles. The summed E-state index contributed by atoms with van der Waals surface area (Å²) >= 11 is 0. The van der Waals surface area contributed by atoms with E-state index in [4.69, 9.17) is 10.5 Å². The third-order valence-electron chi connectivity index (χ3n) is 4.68. The molecule has 1 aromatic heterocycles. The van der Waals surface area contributed by atoms with E-state index in [0.717, 1.165) is 5.69 Å². The molecule has 170 valence electrons. The number of carbonyl (C=O) groups excluding carboxylic acids is 3. The number of esters is 1. The number of hydrogen-bond donors (Lipinski definition) is 3. The van der Waals surface area contributed by atoms with Crippen LogP contribution in [0.5, 0.6) is 0 Å². The highest BCUT2D eigenvalue weighted by Gasteiger charge is 2.19. The number of ether oxygens (including phenoxy) is 1. The molecule has 0 bridgehead atoms. The molecular formula is C24H25N5O4. The molecule has 9 nitrogen and oxygen atoms in total. The molecule has 0 unspecified atom stereocenters. The summed E-state index contributed by atoms with van der Waals surface area (Å²) in [6.07, 6.45) is 1.37. The van der Waals surface area contributed by atoms with Gasteiger partial charge in [-0.25, -0.2) is 14.6 Å². The van der Waals surface area contributed by atoms with E-state index in [1.807, 2.05) is 30.3 Å². The van der Waals surface area contributed by atoms with E-state index in [1.54, 1.807) is 38.1 Å². The largest absolute Gasteiger partial charge is 0.462 e. The number of benzene rings is 2. The van der Waals surface area contributed by atoms with E-state index < -0.39 is 17.9 Å². The van der Waals surface area contributed by atoms with E-state index in [-0.39, 0.29) is 12.2 Å². The number of para-hydroxylation sites is 1. The monoisotopic (exact) mass is 447 g/mol. The highest BCUT2D eigenvalue weighted by atomic mass is 16.5. The maximum absolute atomic E-state index is 13.1. The van der Waals surface area contributed by atoms with Crippen molar-refractivity contribution in [2.75, 3.05) is 28.7 Å². The zero-order valence-electron chi connectivity index (χ0n) is 18.4. The molecule has 9 heteroatoms. The predicted octanol–water partition coefficient (Wildman–Crippen LogP) is 4.16. The van der Waals surface area contributed by atoms with Crippen LogP contribution in [0.25, 0.3) is 0 Å². The molecule has 1 heterocycles. The molecular weight excluding hydrogens is 422 g/mol. The molecule has 0 saturated heterocycles. The summed E-state index contributed by atoms with van der Waals surface area (Å²) in [4.78, 5) is 42.4. The summed E-state index contributed by atoms with van der Waals surface area (Å²) < 4.78 is 5.01. The Bertz CT molecular complexity index is 1150. The van der Waals surface area contributed by atoms with Crippen LogP contribution in [-0.4, -0.2) is 36.0 Å². The SMILES string of the molecule is CCOC(=O)c1cccc(NC(=O)c2cnc(N(CC)C(N)=O)cc2Nc2ccccc2)c1. The van der Waals surface area contributed by atoms with E-state index in [1.165, 1.54) is 17.2 Å².